The van der Waals surface area contributed by atoms with Crippen LogP contribution in [0.2, 0.25) is 0 Å². The van der Waals surface area contributed by atoms with E-state index in [2.05, 4.69) is 5.32 Å². The monoisotopic (exact) mass is 352 g/mol. The van der Waals surface area contributed by atoms with E-state index in [0.717, 1.165) is 31.5 Å². The van der Waals surface area contributed by atoms with Crippen LogP contribution in [0.3, 0.4) is 0 Å². The van der Waals surface area contributed by atoms with E-state index in [1.165, 1.54) is 6.42 Å². The van der Waals surface area contributed by atoms with Crippen LogP contribution in [0, 0.1) is 0 Å². The van der Waals surface area contributed by atoms with E-state index in [1.54, 1.807) is 25.3 Å². The molecule has 1 saturated heterocycles. The highest BCUT2D eigenvalue weighted by molar-refractivity contribution is 6.06. The number of nitrogens with zero attached hydrogens (tertiary/aromatic N) is 1. The van der Waals surface area contributed by atoms with Crippen LogP contribution in [0.4, 0.5) is 5.69 Å². The van der Waals surface area contributed by atoms with Gasteiger partial charge in [-0.15, -0.1) is 0 Å². The highest BCUT2D eigenvalue weighted by Gasteiger charge is 2.17. The standard InChI is InChI=1S/C21H24N2O3/c1-26-19-8-4-3-7-18(19)21(25)22-17-11-9-16(10-12-17)15-20(24)23-13-5-2-6-14-23/h3-4,7-12H,2,5-6,13-15H2,1H3,(H,22,25). The Kier molecular flexibility index (Phi) is 5.89. The number of ether oxygens (including phenoxy) is 1. The number of piperidine rings is 1. The van der Waals surface area contributed by atoms with Crippen LogP contribution in [-0.2, 0) is 11.2 Å². The number of nitrogens with one attached hydrogen (secondary N) is 1. The summed E-state index contributed by atoms with van der Waals surface area (Å²) in [5, 5.41) is 2.86. The predicted octanol–water partition coefficient (Wildman–Crippen LogP) is 3.50. The predicted molar refractivity (Wildman–Crippen MR) is 102 cm³/mol. The third kappa shape index (κ3) is 4.42. The summed E-state index contributed by atoms with van der Waals surface area (Å²) in [4.78, 5) is 26.7. The Bertz CT molecular complexity index is 765. The van der Waals surface area contributed by atoms with Gasteiger partial charge in [0.05, 0.1) is 19.1 Å². The summed E-state index contributed by atoms with van der Waals surface area (Å²) in [5.74, 6) is 0.490. The lowest BCUT2D eigenvalue weighted by Crippen LogP contribution is -2.36. The zero-order chi connectivity index (χ0) is 18.4. The molecular formula is C21H24N2O3. The van der Waals surface area contributed by atoms with E-state index in [-0.39, 0.29) is 11.8 Å². The molecule has 0 aliphatic carbocycles. The number of carbonyl (C=O) groups excluding carboxylic acids is 2. The third-order valence-corrected chi connectivity index (χ3v) is 4.63. The molecule has 0 bridgehead atoms. The number of rotatable bonds is 5. The molecular weight excluding hydrogens is 328 g/mol. The van der Waals surface area contributed by atoms with Crippen molar-refractivity contribution in [2.24, 2.45) is 0 Å². The normalized spacial score (nSPS) is 14.0. The number of likely N-dealkylation sites (tertiary alicyclic amines) is 1. The van der Waals surface area contributed by atoms with Crippen LogP contribution >= 0.6 is 0 Å². The molecule has 0 radical (unpaired) electrons. The molecule has 2 aromatic carbocycles. The summed E-state index contributed by atoms with van der Waals surface area (Å²) in [6.07, 6.45) is 3.81. The van der Waals surface area contributed by atoms with Gasteiger partial charge in [-0.3, -0.25) is 9.59 Å². The number of hydrogen-bond acceptors (Lipinski definition) is 3. The topological polar surface area (TPSA) is 58.6 Å². The van der Waals surface area contributed by atoms with E-state index in [4.69, 9.17) is 4.74 Å². The number of hydrogen-bond donors (Lipinski definition) is 1. The molecule has 2 aromatic rings. The van der Waals surface area contributed by atoms with Crippen molar-refractivity contribution in [1.82, 2.24) is 4.90 Å². The van der Waals surface area contributed by atoms with Gasteiger partial charge in [-0.2, -0.15) is 0 Å². The van der Waals surface area contributed by atoms with Crippen molar-refractivity contribution in [3.63, 3.8) is 0 Å². The first kappa shape index (κ1) is 18.0. The molecule has 0 saturated carbocycles. The molecule has 0 aromatic heterocycles. The summed E-state index contributed by atoms with van der Waals surface area (Å²) < 4.78 is 5.22. The Hall–Kier alpha value is -2.82. The van der Waals surface area contributed by atoms with Crippen LogP contribution in [0.1, 0.15) is 35.2 Å². The molecule has 5 heteroatoms. The fourth-order valence-electron chi connectivity index (χ4n) is 3.17. The number of carbonyl (C=O) groups is 2. The molecule has 0 spiro atoms. The van der Waals surface area contributed by atoms with Crippen molar-refractivity contribution in [1.29, 1.82) is 0 Å². The number of anilines is 1. The molecule has 2 amide bonds. The Balaban J connectivity index is 1.60. The second kappa shape index (κ2) is 8.52. The van der Waals surface area contributed by atoms with Gasteiger partial charge in [-0.05, 0) is 49.1 Å². The summed E-state index contributed by atoms with van der Waals surface area (Å²) >= 11 is 0. The zero-order valence-electron chi connectivity index (χ0n) is 15.0. The van der Waals surface area contributed by atoms with Gasteiger partial charge in [0.15, 0.2) is 0 Å². The molecule has 0 atom stereocenters. The molecule has 26 heavy (non-hydrogen) atoms. The minimum atomic E-state index is -0.223. The van der Waals surface area contributed by atoms with Crippen LogP contribution in [0.5, 0.6) is 5.75 Å². The average molecular weight is 352 g/mol. The van der Waals surface area contributed by atoms with E-state index in [0.29, 0.717) is 23.4 Å². The molecule has 5 nitrogen and oxygen atoms in total. The third-order valence-electron chi connectivity index (χ3n) is 4.63. The maximum absolute atomic E-state index is 12.4. The molecule has 1 aliphatic rings. The fraction of sp³-hybridized carbons (Fsp3) is 0.333. The van der Waals surface area contributed by atoms with E-state index < -0.39 is 0 Å². The van der Waals surface area contributed by atoms with Gasteiger partial charge in [-0.25, -0.2) is 0 Å². The first-order valence-corrected chi connectivity index (χ1v) is 8.98. The van der Waals surface area contributed by atoms with E-state index >= 15 is 0 Å². The minimum Gasteiger partial charge on any atom is -0.496 e. The van der Waals surface area contributed by atoms with Gasteiger partial charge in [0, 0.05) is 18.8 Å². The summed E-state index contributed by atoms with van der Waals surface area (Å²) in [6.45, 7) is 1.73. The second-order valence-electron chi connectivity index (χ2n) is 6.47. The Labute approximate surface area is 154 Å². The van der Waals surface area contributed by atoms with Crippen molar-refractivity contribution in [3.05, 3.63) is 59.7 Å². The highest BCUT2D eigenvalue weighted by atomic mass is 16.5. The largest absolute Gasteiger partial charge is 0.496 e. The number of amides is 2. The second-order valence-corrected chi connectivity index (χ2v) is 6.47. The van der Waals surface area contributed by atoms with Crippen molar-refractivity contribution in [3.8, 4) is 5.75 Å². The van der Waals surface area contributed by atoms with Gasteiger partial charge in [0.2, 0.25) is 5.91 Å². The number of para-hydroxylation sites is 1. The lowest BCUT2D eigenvalue weighted by Gasteiger charge is -2.26. The summed E-state index contributed by atoms with van der Waals surface area (Å²) in [6, 6.07) is 14.5. The molecule has 3 rings (SSSR count). The molecule has 1 fully saturated rings. The maximum atomic E-state index is 12.4. The van der Waals surface area contributed by atoms with Crippen molar-refractivity contribution in [2.45, 2.75) is 25.7 Å². The van der Waals surface area contributed by atoms with Crippen LogP contribution in [0.15, 0.2) is 48.5 Å². The number of methoxy groups -OCH3 is 1. The van der Waals surface area contributed by atoms with E-state index in [1.807, 2.05) is 35.2 Å². The van der Waals surface area contributed by atoms with Gasteiger partial charge < -0.3 is 15.0 Å². The Morgan fingerprint density at radius 2 is 1.69 bits per heavy atom. The smallest absolute Gasteiger partial charge is 0.259 e. The SMILES string of the molecule is COc1ccccc1C(=O)Nc1ccc(CC(=O)N2CCCCC2)cc1. The van der Waals surface area contributed by atoms with Gasteiger partial charge in [0.25, 0.3) is 5.91 Å². The first-order valence-electron chi connectivity index (χ1n) is 8.98. The Morgan fingerprint density at radius 1 is 1.00 bits per heavy atom. The zero-order valence-corrected chi connectivity index (χ0v) is 15.0. The molecule has 1 aliphatic heterocycles. The highest BCUT2D eigenvalue weighted by Crippen LogP contribution is 2.20. The maximum Gasteiger partial charge on any atom is 0.259 e. The average Bonchev–Trinajstić information content (AvgIpc) is 2.70. The van der Waals surface area contributed by atoms with Crippen LogP contribution < -0.4 is 10.1 Å². The van der Waals surface area contributed by atoms with Gasteiger partial charge in [0.1, 0.15) is 5.75 Å². The molecule has 0 unspecified atom stereocenters. The van der Waals surface area contributed by atoms with Crippen LogP contribution in [-0.4, -0.2) is 36.9 Å². The lowest BCUT2D eigenvalue weighted by molar-refractivity contribution is -0.131. The number of benzene rings is 2. The summed E-state index contributed by atoms with van der Waals surface area (Å²) in [7, 11) is 1.54. The van der Waals surface area contributed by atoms with Gasteiger partial charge >= 0.3 is 0 Å². The van der Waals surface area contributed by atoms with E-state index in [9.17, 15) is 9.59 Å². The van der Waals surface area contributed by atoms with Crippen LogP contribution in [0.25, 0.3) is 0 Å². The van der Waals surface area contributed by atoms with Crippen molar-refractivity contribution in [2.75, 3.05) is 25.5 Å². The molecule has 1 heterocycles. The van der Waals surface area contributed by atoms with Gasteiger partial charge in [-0.1, -0.05) is 24.3 Å². The lowest BCUT2D eigenvalue weighted by atomic mass is 10.1. The van der Waals surface area contributed by atoms with Crippen molar-refractivity contribution >= 4 is 17.5 Å². The molecule has 136 valence electrons. The molecule has 1 N–H and O–H groups in total. The van der Waals surface area contributed by atoms with Crippen molar-refractivity contribution < 1.29 is 14.3 Å². The Morgan fingerprint density at radius 3 is 2.38 bits per heavy atom. The quantitative estimate of drug-likeness (QED) is 0.896. The fourth-order valence-corrected chi connectivity index (χ4v) is 3.17. The summed E-state index contributed by atoms with van der Waals surface area (Å²) in [5.41, 5.74) is 2.13. The minimum absolute atomic E-state index is 0.176. The first-order chi connectivity index (χ1) is 12.7.